The zero-order valence-electron chi connectivity index (χ0n) is 10.6. The molecule has 18 heavy (non-hydrogen) atoms. The standard InChI is InChI=1S/C13H19F2NO2/c1-13(2,6-7-17)16-8-11(18)12-9(14)4-3-5-10(12)15/h3-5,11,16-18H,6-8H2,1-2H3. The summed E-state index contributed by atoms with van der Waals surface area (Å²) < 4.78 is 26.8. The number of hydrogen-bond acceptors (Lipinski definition) is 3. The Morgan fingerprint density at radius 1 is 1.28 bits per heavy atom. The van der Waals surface area contributed by atoms with Crippen LogP contribution in [0, 0.1) is 11.6 Å². The molecule has 0 bridgehead atoms. The summed E-state index contributed by atoms with van der Waals surface area (Å²) in [6, 6.07) is 3.48. The average molecular weight is 259 g/mol. The molecule has 1 rings (SSSR count). The maximum absolute atomic E-state index is 13.4. The van der Waals surface area contributed by atoms with E-state index in [-0.39, 0.29) is 18.7 Å². The molecule has 0 aliphatic heterocycles. The molecule has 0 fully saturated rings. The molecule has 0 aromatic heterocycles. The van der Waals surface area contributed by atoms with Gasteiger partial charge in [-0.15, -0.1) is 0 Å². The molecule has 0 saturated carbocycles. The molecular weight excluding hydrogens is 240 g/mol. The van der Waals surface area contributed by atoms with E-state index in [2.05, 4.69) is 5.32 Å². The maximum atomic E-state index is 13.4. The summed E-state index contributed by atoms with van der Waals surface area (Å²) in [4.78, 5) is 0. The zero-order chi connectivity index (χ0) is 13.8. The summed E-state index contributed by atoms with van der Waals surface area (Å²) in [7, 11) is 0. The van der Waals surface area contributed by atoms with Gasteiger partial charge < -0.3 is 15.5 Å². The van der Waals surface area contributed by atoms with Crippen LogP contribution >= 0.6 is 0 Å². The van der Waals surface area contributed by atoms with Crippen molar-refractivity contribution in [3.8, 4) is 0 Å². The highest BCUT2D eigenvalue weighted by Crippen LogP contribution is 2.21. The van der Waals surface area contributed by atoms with Gasteiger partial charge >= 0.3 is 0 Å². The lowest BCUT2D eigenvalue weighted by Gasteiger charge is -2.27. The Morgan fingerprint density at radius 3 is 2.33 bits per heavy atom. The lowest BCUT2D eigenvalue weighted by Crippen LogP contribution is -2.42. The Labute approximate surface area is 105 Å². The third kappa shape index (κ3) is 4.01. The molecular formula is C13H19F2NO2. The number of benzene rings is 1. The third-order valence-corrected chi connectivity index (χ3v) is 2.84. The van der Waals surface area contributed by atoms with Gasteiger partial charge in [0.25, 0.3) is 0 Å². The Balaban J connectivity index is 2.69. The first kappa shape index (κ1) is 15.0. The molecule has 0 aliphatic rings. The Morgan fingerprint density at radius 2 is 1.83 bits per heavy atom. The zero-order valence-corrected chi connectivity index (χ0v) is 10.6. The van der Waals surface area contributed by atoms with Crippen LogP contribution in [-0.4, -0.2) is 28.9 Å². The minimum Gasteiger partial charge on any atom is -0.396 e. The van der Waals surface area contributed by atoms with Crippen molar-refractivity contribution in [3.05, 3.63) is 35.4 Å². The summed E-state index contributed by atoms with van der Waals surface area (Å²) in [5.74, 6) is -1.52. The summed E-state index contributed by atoms with van der Waals surface area (Å²) in [6.45, 7) is 3.70. The molecule has 0 aliphatic carbocycles. The van der Waals surface area contributed by atoms with Crippen molar-refractivity contribution in [3.63, 3.8) is 0 Å². The predicted molar refractivity (Wildman–Crippen MR) is 65.1 cm³/mol. The van der Waals surface area contributed by atoms with Gasteiger partial charge in [0.05, 0.1) is 11.7 Å². The molecule has 1 aromatic carbocycles. The highest BCUT2D eigenvalue weighted by molar-refractivity contribution is 5.22. The summed E-state index contributed by atoms with van der Waals surface area (Å²) in [6.07, 6.45) is -0.774. The summed E-state index contributed by atoms with van der Waals surface area (Å²) in [5, 5.41) is 21.6. The van der Waals surface area contributed by atoms with Gasteiger partial charge in [-0.05, 0) is 32.4 Å². The van der Waals surface area contributed by atoms with Crippen LogP contribution in [0.2, 0.25) is 0 Å². The number of aliphatic hydroxyl groups excluding tert-OH is 2. The van der Waals surface area contributed by atoms with Crippen LogP contribution in [-0.2, 0) is 0 Å². The fraction of sp³-hybridized carbons (Fsp3) is 0.538. The molecule has 0 heterocycles. The lowest BCUT2D eigenvalue weighted by atomic mass is 10.00. The molecule has 5 heteroatoms. The smallest absolute Gasteiger partial charge is 0.131 e. The van der Waals surface area contributed by atoms with Gasteiger partial charge in [0, 0.05) is 18.7 Å². The fourth-order valence-electron chi connectivity index (χ4n) is 1.67. The number of halogens is 2. The molecule has 1 aromatic rings. The van der Waals surface area contributed by atoms with Crippen LogP contribution in [0.5, 0.6) is 0 Å². The van der Waals surface area contributed by atoms with Crippen molar-refractivity contribution < 1.29 is 19.0 Å². The van der Waals surface area contributed by atoms with E-state index < -0.39 is 23.3 Å². The normalized spacial score (nSPS) is 13.7. The van der Waals surface area contributed by atoms with Gasteiger partial charge in [0.15, 0.2) is 0 Å². The number of hydrogen-bond donors (Lipinski definition) is 3. The Bertz CT molecular complexity index is 376. The molecule has 3 nitrogen and oxygen atoms in total. The van der Waals surface area contributed by atoms with Crippen LogP contribution in [0.15, 0.2) is 18.2 Å². The second kappa shape index (κ2) is 6.22. The van der Waals surface area contributed by atoms with Crippen molar-refractivity contribution in [2.24, 2.45) is 0 Å². The Kier molecular flexibility index (Phi) is 5.19. The largest absolute Gasteiger partial charge is 0.396 e. The first-order valence-corrected chi connectivity index (χ1v) is 5.85. The minimum absolute atomic E-state index is 0.00412. The van der Waals surface area contributed by atoms with Gasteiger partial charge in [-0.25, -0.2) is 8.78 Å². The molecule has 102 valence electrons. The first-order valence-electron chi connectivity index (χ1n) is 5.85. The second-order valence-electron chi connectivity index (χ2n) is 4.89. The fourth-order valence-corrected chi connectivity index (χ4v) is 1.67. The highest BCUT2D eigenvalue weighted by atomic mass is 19.1. The van der Waals surface area contributed by atoms with E-state index in [1.54, 1.807) is 0 Å². The minimum atomic E-state index is -1.26. The predicted octanol–water partition coefficient (Wildman–Crippen LogP) is 1.75. The average Bonchev–Trinajstić information content (AvgIpc) is 2.26. The van der Waals surface area contributed by atoms with Crippen molar-refractivity contribution in [1.29, 1.82) is 0 Å². The summed E-state index contributed by atoms with van der Waals surface area (Å²) >= 11 is 0. The quantitative estimate of drug-likeness (QED) is 0.729. The SMILES string of the molecule is CC(C)(CCO)NCC(O)c1c(F)cccc1F. The van der Waals surface area contributed by atoms with Gasteiger partial charge in [0.2, 0.25) is 0 Å². The Hall–Kier alpha value is -1.04. The molecule has 0 saturated heterocycles. The van der Waals surface area contributed by atoms with Crippen molar-refractivity contribution in [2.45, 2.75) is 31.9 Å². The second-order valence-corrected chi connectivity index (χ2v) is 4.89. The third-order valence-electron chi connectivity index (χ3n) is 2.84. The highest BCUT2D eigenvalue weighted by Gasteiger charge is 2.22. The van der Waals surface area contributed by atoms with Crippen LogP contribution in [0.25, 0.3) is 0 Å². The van der Waals surface area contributed by atoms with E-state index in [0.717, 1.165) is 12.1 Å². The molecule has 0 spiro atoms. The van der Waals surface area contributed by atoms with Crippen molar-refractivity contribution in [1.82, 2.24) is 5.32 Å². The molecule has 3 N–H and O–H groups in total. The van der Waals surface area contributed by atoms with Gasteiger partial charge in [-0.1, -0.05) is 6.07 Å². The van der Waals surface area contributed by atoms with Gasteiger partial charge in [0.1, 0.15) is 11.6 Å². The maximum Gasteiger partial charge on any atom is 0.131 e. The van der Waals surface area contributed by atoms with Gasteiger partial charge in [-0.2, -0.15) is 0 Å². The van der Waals surface area contributed by atoms with E-state index in [1.165, 1.54) is 6.07 Å². The number of rotatable bonds is 6. The van der Waals surface area contributed by atoms with E-state index in [1.807, 2.05) is 13.8 Å². The van der Waals surface area contributed by atoms with E-state index in [0.29, 0.717) is 6.42 Å². The van der Waals surface area contributed by atoms with Crippen LogP contribution in [0.4, 0.5) is 8.78 Å². The molecule has 0 amide bonds. The van der Waals surface area contributed by atoms with Gasteiger partial charge in [-0.3, -0.25) is 0 Å². The van der Waals surface area contributed by atoms with E-state index in [9.17, 15) is 13.9 Å². The number of β-amino-alcohol motifs (C(OH)–C–C–N with tert-alkyl or cyclic N) is 1. The van der Waals surface area contributed by atoms with E-state index >= 15 is 0 Å². The molecule has 1 unspecified atom stereocenters. The van der Waals surface area contributed by atoms with Crippen molar-refractivity contribution in [2.75, 3.05) is 13.2 Å². The lowest BCUT2D eigenvalue weighted by molar-refractivity contribution is 0.144. The molecule has 1 atom stereocenters. The summed E-state index contributed by atoms with van der Waals surface area (Å²) in [5.41, 5.74) is -0.734. The molecule has 0 radical (unpaired) electrons. The van der Waals surface area contributed by atoms with E-state index in [4.69, 9.17) is 5.11 Å². The van der Waals surface area contributed by atoms with Crippen LogP contribution < -0.4 is 5.32 Å². The van der Waals surface area contributed by atoms with Crippen LogP contribution in [0.3, 0.4) is 0 Å². The first-order chi connectivity index (χ1) is 8.37. The van der Waals surface area contributed by atoms with Crippen LogP contribution in [0.1, 0.15) is 31.9 Å². The number of aliphatic hydroxyl groups is 2. The number of nitrogens with one attached hydrogen (secondary N) is 1. The topological polar surface area (TPSA) is 52.5 Å². The van der Waals surface area contributed by atoms with Crippen molar-refractivity contribution >= 4 is 0 Å². The monoisotopic (exact) mass is 259 g/mol.